The normalized spacial score (nSPS) is 21.5. The molecule has 0 aliphatic carbocycles. The van der Waals surface area contributed by atoms with Crippen LogP contribution in [0.4, 0.5) is 0 Å². The molecule has 1 aromatic rings. The molecule has 2 fully saturated rings. The predicted octanol–water partition coefficient (Wildman–Crippen LogP) is 1.60. The summed E-state index contributed by atoms with van der Waals surface area (Å²) in [7, 11) is -3.87. The molecule has 2 heterocycles. The van der Waals surface area contributed by atoms with Crippen LogP contribution in [0.2, 0.25) is 0 Å². The molecule has 0 bridgehead atoms. The molecule has 34 heavy (non-hydrogen) atoms. The van der Waals surface area contributed by atoms with Crippen LogP contribution in [0.25, 0.3) is 0 Å². The summed E-state index contributed by atoms with van der Waals surface area (Å²) in [6, 6.07) is 5.66. The zero-order valence-corrected chi connectivity index (χ0v) is 21.1. The molecule has 0 saturated carbocycles. The first-order valence-electron chi connectivity index (χ1n) is 12.0. The molecule has 2 amide bonds. The van der Waals surface area contributed by atoms with Crippen molar-refractivity contribution < 1.29 is 27.5 Å². The number of hydrogen-bond donors (Lipinski definition) is 2. The van der Waals surface area contributed by atoms with Gasteiger partial charge in [-0.3, -0.25) is 9.59 Å². The summed E-state index contributed by atoms with van der Waals surface area (Å²) in [6.45, 7) is 7.12. The van der Waals surface area contributed by atoms with Gasteiger partial charge in [0.25, 0.3) is 0 Å². The van der Waals surface area contributed by atoms with Gasteiger partial charge in [-0.25, -0.2) is 13.1 Å². The quantitative estimate of drug-likeness (QED) is 0.482. The highest BCUT2D eigenvalue weighted by Crippen LogP contribution is 2.19. The Morgan fingerprint density at radius 3 is 2.24 bits per heavy atom. The van der Waals surface area contributed by atoms with E-state index in [1.807, 2.05) is 20.8 Å². The molecule has 2 aliphatic rings. The summed E-state index contributed by atoms with van der Waals surface area (Å²) in [5.41, 5.74) is 0.937. The van der Waals surface area contributed by atoms with Crippen LogP contribution in [0.15, 0.2) is 29.2 Å². The third-order valence-corrected chi connectivity index (χ3v) is 7.67. The van der Waals surface area contributed by atoms with Gasteiger partial charge in [-0.05, 0) is 50.7 Å². The van der Waals surface area contributed by atoms with Crippen LogP contribution in [-0.2, 0) is 29.1 Å². The van der Waals surface area contributed by atoms with Gasteiger partial charge in [0.1, 0.15) is 6.04 Å². The fourth-order valence-electron chi connectivity index (χ4n) is 4.37. The lowest BCUT2D eigenvalue weighted by Gasteiger charge is -2.35. The van der Waals surface area contributed by atoms with E-state index in [4.69, 9.17) is 9.47 Å². The maximum absolute atomic E-state index is 13.3. The topological polar surface area (TPSA) is 114 Å². The molecule has 10 heteroatoms. The Hall–Kier alpha value is -2.01. The lowest BCUT2D eigenvalue weighted by Crippen LogP contribution is -2.56. The van der Waals surface area contributed by atoms with Gasteiger partial charge in [-0.1, -0.05) is 31.5 Å². The molecule has 2 N–H and O–H groups in total. The zero-order chi connectivity index (χ0) is 24.7. The minimum atomic E-state index is -3.87. The Labute approximate surface area is 202 Å². The van der Waals surface area contributed by atoms with Crippen molar-refractivity contribution in [2.75, 3.05) is 32.8 Å². The van der Waals surface area contributed by atoms with Crippen molar-refractivity contribution in [3.8, 4) is 0 Å². The molecular formula is C24H37N3O6S. The van der Waals surface area contributed by atoms with Crippen molar-refractivity contribution >= 4 is 21.8 Å². The molecule has 0 unspecified atom stereocenters. The van der Waals surface area contributed by atoms with Crippen LogP contribution in [0.5, 0.6) is 0 Å². The summed E-state index contributed by atoms with van der Waals surface area (Å²) >= 11 is 0. The molecule has 1 aromatic carbocycles. The largest absolute Gasteiger partial charge is 0.376 e. The number of hydrogen-bond acceptors (Lipinski definition) is 6. The minimum Gasteiger partial charge on any atom is -0.376 e. The number of nitrogens with one attached hydrogen (secondary N) is 2. The summed E-state index contributed by atoms with van der Waals surface area (Å²) in [5.74, 6) is -0.904. The summed E-state index contributed by atoms with van der Waals surface area (Å²) < 4.78 is 39.1. The minimum absolute atomic E-state index is 0.0135. The Morgan fingerprint density at radius 1 is 1.06 bits per heavy atom. The first-order valence-corrected chi connectivity index (χ1v) is 13.5. The van der Waals surface area contributed by atoms with E-state index in [0.717, 1.165) is 31.2 Å². The highest BCUT2D eigenvalue weighted by atomic mass is 32.2. The number of benzene rings is 1. The smallest absolute Gasteiger partial charge is 0.243 e. The van der Waals surface area contributed by atoms with Crippen LogP contribution in [0.1, 0.15) is 45.1 Å². The van der Waals surface area contributed by atoms with E-state index in [1.54, 1.807) is 12.1 Å². The number of aryl methyl sites for hydroxylation is 1. The predicted molar refractivity (Wildman–Crippen MR) is 128 cm³/mol. The molecule has 9 nitrogen and oxygen atoms in total. The molecule has 3 rings (SSSR count). The molecule has 190 valence electrons. The lowest BCUT2D eigenvalue weighted by atomic mass is 10.00. The standard InChI is InChI=1S/C24H37N3O6S/c1-17(2)23(24(29)25-14-19-6-4-12-32-19)27(16-20-7-5-13-33-20)22(28)15-26-34(30,31)21-10-8-18(3)9-11-21/h8-11,17,19-20,23,26H,4-7,12-16H2,1-3H3,(H,25,29)/t19-,20+,23+/m0/s1. The summed E-state index contributed by atoms with van der Waals surface area (Å²) in [4.78, 5) is 28.1. The molecular weight excluding hydrogens is 458 g/mol. The van der Waals surface area contributed by atoms with Gasteiger partial charge in [-0.2, -0.15) is 0 Å². The monoisotopic (exact) mass is 495 g/mol. The van der Waals surface area contributed by atoms with Crippen molar-refractivity contribution in [1.82, 2.24) is 14.9 Å². The second-order valence-corrected chi connectivity index (χ2v) is 11.2. The van der Waals surface area contributed by atoms with Crippen LogP contribution >= 0.6 is 0 Å². The van der Waals surface area contributed by atoms with E-state index in [1.165, 1.54) is 17.0 Å². The van der Waals surface area contributed by atoms with E-state index in [-0.39, 0.29) is 35.5 Å². The fourth-order valence-corrected chi connectivity index (χ4v) is 5.34. The van der Waals surface area contributed by atoms with Crippen molar-refractivity contribution in [3.05, 3.63) is 29.8 Å². The van der Waals surface area contributed by atoms with E-state index in [0.29, 0.717) is 19.8 Å². The average molecular weight is 496 g/mol. The maximum atomic E-state index is 13.3. The molecule has 2 saturated heterocycles. The van der Waals surface area contributed by atoms with Gasteiger partial charge in [-0.15, -0.1) is 0 Å². The number of nitrogens with zero attached hydrogens (tertiary/aromatic N) is 1. The zero-order valence-electron chi connectivity index (χ0n) is 20.3. The number of ether oxygens (including phenoxy) is 2. The van der Waals surface area contributed by atoms with Gasteiger partial charge >= 0.3 is 0 Å². The number of amides is 2. The first-order chi connectivity index (χ1) is 16.2. The summed E-state index contributed by atoms with van der Waals surface area (Å²) in [6.07, 6.45) is 3.36. The highest BCUT2D eigenvalue weighted by Gasteiger charge is 2.35. The van der Waals surface area contributed by atoms with Gasteiger partial charge < -0.3 is 19.7 Å². The second-order valence-electron chi connectivity index (χ2n) is 9.39. The van der Waals surface area contributed by atoms with Crippen molar-refractivity contribution in [2.45, 2.75) is 69.6 Å². The lowest BCUT2D eigenvalue weighted by molar-refractivity contribution is -0.143. The van der Waals surface area contributed by atoms with Crippen LogP contribution in [0.3, 0.4) is 0 Å². The maximum Gasteiger partial charge on any atom is 0.243 e. The summed E-state index contributed by atoms with van der Waals surface area (Å²) in [5, 5.41) is 2.93. The van der Waals surface area contributed by atoms with Crippen molar-refractivity contribution in [3.63, 3.8) is 0 Å². The first kappa shape index (κ1) is 26.6. The Kier molecular flexibility index (Phi) is 9.47. The van der Waals surface area contributed by atoms with Gasteiger partial charge in [0.15, 0.2) is 0 Å². The van der Waals surface area contributed by atoms with Crippen LogP contribution < -0.4 is 10.0 Å². The fraction of sp³-hybridized carbons (Fsp3) is 0.667. The van der Waals surface area contributed by atoms with Gasteiger partial charge in [0.05, 0.1) is 23.6 Å². The molecule has 0 aromatic heterocycles. The Bertz CT molecular complexity index is 923. The molecule has 3 atom stereocenters. The number of carbonyl (C=O) groups excluding carboxylic acids is 2. The van der Waals surface area contributed by atoms with E-state index < -0.39 is 28.5 Å². The number of rotatable bonds is 11. The Morgan fingerprint density at radius 2 is 1.68 bits per heavy atom. The van der Waals surface area contributed by atoms with Crippen molar-refractivity contribution in [1.29, 1.82) is 0 Å². The van der Waals surface area contributed by atoms with Crippen molar-refractivity contribution in [2.24, 2.45) is 5.92 Å². The van der Waals surface area contributed by atoms with Crippen LogP contribution in [0, 0.1) is 12.8 Å². The van der Waals surface area contributed by atoms with Gasteiger partial charge in [0, 0.05) is 26.3 Å². The molecule has 0 spiro atoms. The second kappa shape index (κ2) is 12.1. The average Bonchev–Trinajstić information content (AvgIpc) is 3.50. The number of carbonyl (C=O) groups is 2. The molecule has 2 aliphatic heterocycles. The highest BCUT2D eigenvalue weighted by molar-refractivity contribution is 7.89. The van der Waals surface area contributed by atoms with E-state index in [2.05, 4.69) is 10.0 Å². The van der Waals surface area contributed by atoms with E-state index in [9.17, 15) is 18.0 Å². The van der Waals surface area contributed by atoms with Gasteiger partial charge in [0.2, 0.25) is 21.8 Å². The molecule has 0 radical (unpaired) electrons. The third-order valence-electron chi connectivity index (χ3n) is 6.25. The van der Waals surface area contributed by atoms with Crippen LogP contribution in [-0.4, -0.2) is 76.2 Å². The van der Waals surface area contributed by atoms with E-state index >= 15 is 0 Å². The third kappa shape index (κ3) is 7.24. The number of sulfonamides is 1. The Balaban J connectivity index is 1.71. The SMILES string of the molecule is Cc1ccc(S(=O)(=O)NCC(=O)N(C[C@H]2CCCO2)[C@@H](C(=O)NC[C@@H]2CCCO2)C(C)C)cc1.